The van der Waals surface area contributed by atoms with Gasteiger partial charge in [0.25, 0.3) is 0 Å². The van der Waals surface area contributed by atoms with Gasteiger partial charge in [0.2, 0.25) is 11.8 Å². The molecule has 0 heterocycles. The summed E-state index contributed by atoms with van der Waals surface area (Å²) in [7, 11) is 0. The van der Waals surface area contributed by atoms with Crippen LogP contribution in [0, 0.1) is 10.1 Å². The number of nitrogens with one attached hydrogen (secondary N) is 2. The Labute approximate surface area is 204 Å². The first-order valence-corrected chi connectivity index (χ1v) is 10.6. The molecule has 11 heteroatoms. The van der Waals surface area contributed by atoms with Crippen molar-refractivity contribution < 1.29 is 19.2 Å². The third-order valence-electron chi connectivity index (χ3n) is 4.34. The molecule has 0 saturated heterocycles. The van der Waals surface area contributed by atoms with Gasteiger partial charge < -0.3 is 10.1 Å². The van der Waals surface area contributed by atoms with Crippen LogP contribution in [0.2, 0.25) is 10.0 Å². The number of hydrazone groups is 1. The summed E-state index contributed by atoms with van der Waals surface area (Å²) in [5.41, 5.74) is 3.57. The summed E-state index contributed by atoms with van der Waals surface area (Å²) >= 11 is 11.7. The smallest absolute Gasteiger partial charge is 0.311 e. The molecule has 0 atom stereocenters. The van der Waals surface area contributed by atoms with Crippen molar-refractivity contribution in [1.82, 2.24) is 5.43 Å². The number of amides is 2. The number of carbonyl (C=O) groups is 2. The van der Waals surface area contributed by atoms with Crippen LogP contribution in [0.5, 0.6) is 5.75 Å². The highest BCUT2D eigenvalue weighted by Crippen LogP contribution is 2.28. The second-order valence-electron chi connectivity index (χ2n) is 6.91. The summed E-state index contributed by atoms with van der Waals surface area (Å²) in [5.74, 6) is -1.15. The molecule has 0 bridgehead atoms. The van der Waals surface area contributed by atoms with E-state index in [4.69, 9.17) is 27.9 Å². The lowest BCUT2D eigenvalue weighted by molar-refractivity contribution is -0.385. The number of nitrogens with zero attached hydrogens (tertiary/aromatic N) is 2. The molecule has 9 nitrogen and oxygen atoms in total. The Balaban J connectivity index is 1.55. The first kappa shape index (κ1) is 24.7. The van der Waals surface area contributed by atoms with Gasteiger partial charge in [0.05, 0.1) is 21.2 Å². The van der Waals surface area contributed by atoms with Crippen molar-refractivity contribution in [1.29, 1.82) is 0 Å². The Bertz CT molecular complexity index is 1240. The van der Waals surface area contributed by atoms with Crippen LogP contribution >= 0.6 is 23.2 Å². The molecule has 0 aromatic heterocycles. The van der Waals surface area contributed by atoms with Gasteiger partial charge in [-0.2, -0.15) is 5.10 Å². The molecule has 0 fully saturated rings. The summed E-state index contributed by atoms with van der Waals surface area (Å²) < 4.78 is 5.57. The van der Waals surface area contributed by atoms with E-state index in [1.165, 1.54) is 30.5 Å². The highest BCUT2D eigenvalue weighted by Gasteiger charge is 2.16. The van der Waals surface area contributed by atoms with Crippen molar-refractivity contribution in [2.24, 2.45) is 5.10 Å². The third-order valence-corrected chi connectivity index (χ3v) is 5.08. The van der Waals surface area contributed by atoms with E-state index < -0.39 is 23.2 Å². The minimum absolute atomic E-state index is 0.106. The van der Waals surface area contributed by atoms with E-state index in [1.54, 1.807) is 12.1 Å². The number of carbonyl (C=O) groups excluding carboxylic acids is 2. The summed E-state index contributed by atoms with van der Waals surface area (Å²) in [6, 6.07) is 18.0. The van der Waals surface area contributed by atoms with Crippen LogP contribution in [0.15, 0.2) is 71.8 Å². The van der Waals surface area contributed by atoms with Crippen molar-refractivity contribution in [3.63, 3.8) is 0 Å². The lowest BCUT2D eigenvalue weighted by Gasteiger charge is -2.07. The van der Waals surface area contributed by atoms with Crippen LogP contribution in [0.3, 0.4) is 0 Å². The Hall–Kier alpha value is -3.95. The SMILES string of the molecule is O=C(CC(=O)Nc1ccc(Cl)c(Cl)c1)NN=Cc1ccc(OCc2ccccc2)c([N+](=O)[O-])c1. The normalized spacial score (nSPS) is 10.6. The standard InChI is InChI=1S/C23H18Cl2N4O5/c24-18-8-7-17(11-19(18)25)27-22(30)12-23(31)28-26-13-16-6-9-21(20(10-16)29(32)33)34-14-15-4-2-1-3-5-15/h1-11,13H,12,14H2,(H,27,30)(H,28,31). The summed E-state index contributed by atoms with van der Waals surface area (Å²) in [6.45, 7) is 0.176. The molecular weight excluding hydrogens is 483 g/mol. The van der Waals surface area contributed by atoms with Crippen LogP contribution in [-0.4, -0.2) is 23.0 Å². The van der Waals surface area contributed by atoms with Gasteiger partial charge in [-0.05, 0) is 35.9 Å². The quantitative estimate of drug-likeness (QED) is 0.186. The lowest BCUT2D eigenvalue weighted by atomic mass is 10.2. The molecule has 34 heavy (non-hydrogen) atoms. The van der Waals surface area contributed by atoms with E-state index in [0.717, 1.165) is 5.56 Å². The van der Waals surface area contributed by atoms with Crippen molar-refractivity contribution in [2.45, 2.75) is 13.0 Å². The average molecular weight is 501 g/mol. The molecule has 0 aliphatic rings. The maximum absolute atomic E-state index is 12.0. The third kappa shape index (κ3) is 7.29. The Kier molecular flexibility index (Phi) is 8.55. The topological polar surface area (TPSA) is 123 Å². The average Bonchev–Trinajstić information content (AvgIpc) is 2.81. The summed E-state index contributed by atoms with van der Waals surface area (Å²) in [5, 5.41) is 18.3. The number of hydrogen-bond donors (Lipinski definition) is 2. The number of nitro benzene ring substituents is 1. The molecule has 2 N–H and O–H groups in total. The summed E-state index contributed by atoms with van der Waals surface area (Å²) in [6.07, 6.45) is 0.729. The van der Waals surface area contributed by atoms with Crippen molar-refractivity contribution in [3.05, 3.63) is 98.0 Å². The maximum Gasteiger partial charge on any atom is 0.311 e. The van der Waals surface area contributed by atoms with E-state index in [0.29, 0.717) is 16.3 Å². The van der Waals surface area contributed by atoms with Crippen molar-refractivity contribution >= 4 is 52.6 Å². The molecule has 3 aromatic carbocycles. The fourth-order valence-corrected chi connectivity index (χ4v) is 3.06. The molecule has 0 radical (unpaired) electrons. The minimum atomic E-state index is -0.675. The number of ether oxygens (including phenoxy) is 1. The Morgan fingerprint density at radius 1 is 1.00 bits per heavy atom. The van der Waals surface area contributed by atoms with Gasteiger partial charge in [-0.25, -0.2) is 5.43 Å². The van der Waals surface area contributed by atoms with Gasteiger partial charge in [-0.15, -0.1) is 0 Å². The first-order valence-electron chi connectivity index (χ1n) is 9.84. The minimum Gasteiger partial charge on any atom is -0.482 e. The Morgan fingerprint density at radius 3 is 2.47 bits per heavy atom. The van der Waals surface area contributed by atoms with Gasteiger partial charge in [0, 0.05) is 17.3 Å². The largest absolute Gasteiger partial charge is 0.482 e. The molecule has 0 spiro atoms. The number of halogens is 2. The zero-order valence-corrected chi connectivity index (χ0v) is 19.0. The molecule has 0 aliphatic heterocycles. The molecule has 3 aromatic rings. The van der Waals surface area contributed by atoms with Gasteiger partial charge in [0.15, 0.2) is 5.75 Å². The van der Waals surface area contributed by atoms with Crippen LogP contribution < -0.4 is 15.5 Å². The van der Waals surface area contributed by atoms with E-state index in [-0.39, 0.29) is 23.1 Å². The van der Waals surface area contributed by atoms with Crippen LogP contribution in [0.4, 0.5) is 11.4 Å². The number of nitro groups is 1. The molecule has 0 saturated carbocycles. The predicted octanol–water partition coefficient (Wildman–Crippen LogP) is 4.96. The van der Waals surface area contributed by atoms with Gasteiger partial charge in [-0.3, -0.25) is 19.7 Å². The predicted molar refractivity (Wildman–Crippen MR) is 129 cm³/mol. The fourth-order valence-electron chi connectivity index (χ4n) is 2.76. The first-order chi connectivity index (χ1) is 16.3. The molecule has 0 aliphatic carbocycles. The highest BCUT2D eigenvalue weighted by atomic mass is 35.5. The number of hydrogen-bond acceptors (Lipinski definition) is 6. The molecule has 2 amide bonds. The number of benzene rings is 3. The van der Waals surface area contributed by atoms with Crippen LogP contribution in [0.25, 0.3) is 0 Å². The molecule has 3 rings (SSSR count). The second kappa shape index (κ2) is 11.8. The summed E-state index contributed by atoms with van der Waals surface area (Å²) in [4.78, 5) is 34.8. The van der Waals surface area contributed by atoms with E-state index in [9.17, 15) is 19.7 Å². The van der Waals surface area contributed by atoms with Crippen molar-refractivity contribution in [3.8, 4) is 5.75 Å². The van der Waals surface area contributed by atoms with E-state index in [1.807, 2.05) is 30.3 Å². The van der Waals surface area contributed by atoms with Gasteiger partial charge in [0.1, 0.15) is 13.0 Å². The maximum atomic E-state index is 12.0. The van der Waals surface area contributed by atoms with E-state index in [2.05, 4.69) is 15.8 Å². The highest BCUT2D eigenvalue weighted by molar-refractivity contribution is 6.42. The van der Waals surface area contributed by atoms with Gasteiger partial charge >= 0.3 is 5.69 Å². The van der Waals surface area contributed by atoms with Crippen molar-refractivity contribution in [2.75, 3.05) is 5.32 Å². The molecular formula is C23H18Cl2N4O5. The lowest BCUT2D eigenvalue weighted by Crippen LogP contribution is -2.24. The monoisotopic (exact) mass is 500 g/mol. The van der Waals surface area contributed by atoms with Crippen LogP contribution in [0.1, 0.15) is 17.5 Å². The number of rotatable bonds is 9. The zero-order chi connectivity index (χ0) is 24.5. The van der Waals surface area contributed by atoms with Crippen LogP contribution in [-0.2, 0) is 16.2 Å². The molecule has 174 valence electrons. The number of anilines is 1. The van der Waals surface area contributed by atoms with E-state index >= 15 is 0 Å². The second-order valence-corrected chi connectivity index (χ2v) is 7.72. The zero-order valence-electron chi connectivity index (χ0n) is 17.5. The fraction of sp³-hybridized carbons (Fsp3) is 0.0870. The van der Waals surface area contributed by atoms with Gasteiger partial charge in [-0.1, -0.05) is 53.5 Å². The molecule has 0 unspecified atom stereocenters. The Morgan fingerprint density at radius 2 is 1.76 bits per heavy atom.